The molecule has 1 N–H and O–H groups in total. The average Bonchev–Trinajstić information content (AvgIpc) is 2.92. The molecule has 0 atom stereocenters. The van der Waals surface area contributed by atoms with Crippen molar-refractivity contribution in [1.29, 1.82) is 0 Å². The van der Waals surface area contributed by atoms with Crippen molar-refractivity contribution in [3.05, 3.63) is 106 Å². The average molecular weight is 578 g/mol. The molecule has 4 amide bonds. The molecule has 3 aromatic rings. The number of nitrogens with zero attached hydrogens (tertiary/aromatic N) is 2. The number of aryl methyl sites for hydroxylation is 1. The van der Waals surface area contributed by atoms with E-state index in [9.17, 15) is 32.9 Å². The number of allylic oxidation sites excluding steroid dienone is 1. The summed E-state index contributed by atoms with van der Waals surface area (Å²) in [5, 5.41) is 13.0. The Balaban J connectivity index is 1.74. The summed E-state index contributed by atoms with van der Waals surface area (Å²) in [6.45, 7) is 5.50. The maximum absolute atomic E-state index is 13.3. The third kappa shape index (κ3) is 5.99. The minimum absolute atomic E-state index is 0.00106. The van der Waals surface area contributed by atoms with E-state index in [1.54, 1.807) is 12.1 Å². The number of barbiturate groups is 1. The van der Waals surface area contributed by atoms with Gasteiger partial charge >= 0.3 is 16.1 Å². The van der Waals surface area contributed by atoms with Gasteiger partial charge in [-0.15, -0.1) is 6.58 Å². The van der Waals surface area contributed by atoms with Crippen molar-refractivity contribution >= 4 is 45.4 Å². The van der Waals surface area contributed by atoms with Gasteiger partial charge in [-0.2, -0.15) is 8.42 Å². The van der Waals surface area contributed by atoms with E-state index in [-0.39, 0.29) is 39.8 Å². The van der Waals surface area contributed by atoms with Crippen molar-refractivity contribution < 1.29 is 36.6 Å². The lowest BCUT2D eigenvalue weighted by Gasteiger charge is -2.26. The van der Waals surface area contributed by atoms with E-state index in [2.05, 4.69) is 11.9 Å². The molecule has 210 valence electrons. The number of carbonyl (C=O) groups is 3. The van der Waals surface area contributed by atoms with Gasteiger partial charge in [0.05, 0.1) is 17.7 Å². The fourth-order valence-electron chi connectivity index (χ4n) is 3.97. The van der Waals surface area contributed by atoms with Gasteiger partial charge in [0.15, 0.2) is 11.5 Å². The predicted molar refractivity (Wildman–Crippen MR) is 148 cm³/mol. The number of urea groups is 1. The number of methoxy groups -OCH3 is 1. The first-order valence-electron chi connectivity index (χ1n) is 11.9. The van der Waals surface area contributed by atoms with E-state index in [4.69, 9.17) is 8.92 Å². The van der Waals surface area contributed by atoms with Crippen LogP contribution >= 0.6 is 0 Å². The van der Waals surface area contributed by atoms with Crippen molar-refractivity contribution in [1.82, 2.24) is 5.32 Å². The molecular weight excluding hydrogens is 554 g/mol. The molecule has 0 unspecified atom stereocenters. The number of rotatable bonds is 9. The molecule has 41 heavy (non-hydrogen) atoms. The van der Waals surface area contributed by atoms with E-state index in [1.165, 1.54) is 55.7 Å². The lowest BCUT2D eigenvalue weighted by molar-refractivity contribution is -0.384. The van der Waals surface area contributed by atoms with Crippen molar-refractivity contribution in [2.45, 2.75) is 18.2 Å². The minimum atomic E-state index is -4.25. The number of ether oxygens (including phenoxy) is 1. The summed E-state index contributed by atoms with van der Waals surface area (Å²) >= 11 is 0. The number of hydrogen-bond acceptors (Lipinski definition) is 9. The molecule has 0 spiro atoms. The van der Waals surface area contributed by atoms with E-state index < -0.39 is 38.5 Å². The Morgan fingerprint density at radius 2 is 1.71 bits per heavy atom. The number of nitro groups is 1. The molecule has 4 rings (SSSR count). The number of non-ortho nitro benzene ring substituents is 1. The number of carbonyl (C=O) groups excluding carboxylic acids is 3. The Bertz CT molecular complexity index is 1710. The fraction of sp³-hybridized carbons (Fsp3) is 0.107. The monoisotopic (exact) mass is 577 g/mol. The van der Waals surface area contributed by atoms with Crippen LogP contribution in [0.5, 0.6) is 11.5 Å². The number of amides is 4. The van der Waals surface area contributed by atoms with Crippen LogP contribution in [0.1, 0.15) is 16.7 Å². The van der Waals surface area contributed by atoms with Crippen LogP contribution < -0.4 is 19.1 Å². The summed E-state index contributed by atoms with van der Waals surface area (Å²) < 4.78 is 36.9. The molecule has 0 saturated carbocycles. The Hall–Kier alpha value is -5.30. The third-order valence-corrected chi connectivity index (χ3v) is 7.21. The maximum Gasteiger partial charge on any atom is 0.339 e. The number of benzene rings is 3. The molecule has 0 bridgehead atoms. The summed E-state index contributed by atoms with van der Waals surface area (Å²) in [7, 11) is -2.95. The zero-order valence-electron chi connectivity index (χ0n) is 21.8. The predicted octanol–water partition coefficient (Wildman–Crippen LogP) is 4.07. The first kappa shape index (κ1) is 28.7. The van der Waals surface area contributed by atoms with Gasteiger partial charge in [0.25, 0.3) is 17.5 Å². The highest BCUT2D eigenvalue weighted by Crippen LogP contribution is 2.37. The van der Waals surface area contributed by atoms with Gasteiger partial charge in [0.1, 0.15) is 10.5 Å². The number of hydrogen-bond donors (Lipinski definition) is 1. The maximum atomic E-state index is 13.3. The molecule has 0 radical (unpaired) electrons. The molecule has 1 fully saturated rings. The van der Waals surface area contributed by atoms with Crippen molar-refractivity contribution in [3.8, 4) is 11.5 Å². The highest BCUT2D eigenvalue weighted by Gasteiger charge is 2.37. The van der Waals surface area contributed by atoms with Crippen LogP contribution in [0.25, 0.3) is 6.08 Å². The quantitative estimate of drug-likeness (QED) is 0.0986. The van der Waals surface area contributed by atoms with Crippen molar-refractivity contribution in [3.63, 3.8) is 0 Å². The number of imide groups is 2. The van der Waals surface area contributed by atoms with Gasteiger partial charge < -0.3 is 8.92 Å². The van der Waals surface area contributed by atoms with Crippen molar-refractivity contribution in [2.75, 3.05) is 12.0 Å². The van der Waals surface area contributed by atoms with Gasteiger partial charge in [-0.1, -0.05) is 23.8 Å². The van der Waals surface area contributed by atoms with Crippen molar-refractivity contribution in [2.24, 2.45) is 0 Å². The molecular formula is C28H23N3O9S. The van der Waals surface area contributed by atoms with Gasteiger partial charge in [-0.25, -0.2) is 9.69 Å². The minimum Gasteiger partial charge on any atom is -0.493 e. The lowest BCUT2D eigenvalue weighted by Crippen LogP contribution is -2.54. The van der Waals surface area contributed by atoms with Gasteiger partial charge in [0, 0.05) is 17.7 Å². The van der Waals surface area contributed by atoms with E-state index >= 15 is 0 Å². The first-order valence-corrected chi connectivity index (χ1v) is 13.3. The van der Waals surface area contributed by atoms with Gasteiger partial charge in [-0.05, 0) is 61.4 Å². The number of nitrogens with one attached hydrogen (secondary N) is 1. The van der Waals surface area contributed by atoms with Crippen LogP contribution in [0, 0.1) is 17.0 Å². The van der Waals surface area contributed by atoms with Crippen LogP contribution in [0.2, 0.25) is 0 Å². The zero-order chi connectivity index (χ0) is 29.9. The molecule has 0 aromatic heterocycles. The van der Waals surface area contributed by atoms with E-state index in [0.29, 0.717) is 10.5 Å². The second-order valence-corrected chi connectivity index (χ2v) is 10.3. The molecule has 1 heterocycles. The highest BCUT2D eigenvalue weighted by molar-refractivity contribution is 7.87. The summed E-state index contributed by atoms with van der Waals surface area (Å²) in [5.41, 5.74) is 0.784. The lowest BCUT2D eigenvalue weighted by atomic mass is 10.0. The Kier molecular flexibility index (Phi) is 8.01. The van der Waals surface area contributed by atoms with E-state index in [1.807, 2.05) is 6.92 Å². The van der Waals surface area contributed by atoms with Gasteiger partial charge in [0.2, 0.25) is 0 Å². The smallest absolute Gasteiger partial charge is 0.339 e. The van der Waals surface area contributed by atoms with Crippen LogP contribution in [-0.2, 0) is 26.1 Å². The zero-order valence-corrected chi connectivity index (χ0v) is 22.6. The molecule has 1 saturated heterocycles. The summed E-state index contributed by atoms with van der Waals surface area (Å²) in [5.74, 6) is -2.04. The largest absolute Gasteiger partial charge is 0.493 e. The van der Waals surface area contributed by atoms with Gasteiger partial charge in [-0.3, -0.25) is 25.0 Å². The third-order valence-electron chi connectivity index (χ3n) is 5.97. The Morgan fingerprint density at radius 1 is 1.05 bits per heavy atom. The molecule has 3 aromatic carbocycles. The van der Waals surface area contributed by atoms with Crippen LogP contribution in [0.4, 0.5) is 16.2 Å². The first-order chi connectivity index (χ1) is 19.4. The van der Waals surface area contributed by atoms with Crippen LogP contribution in [0.15, 0.2) is 83.8 Å². The molecule has 1 aliphatic heterocycles. The fourth-order valence-corrected chi connectivity index (χ4v) is 4.94. The SMILES string of the molecule is C=CCc1cc(/C=C2\C(=O)NC(=O)N(c3ccc([N+](=O)[O-])cc3)C2=O)cc(OC)c1OS(=O)(=O)c1ccc(C)cc1. The summed E-state index contributed by atoms with van der Waals surface area (Å²) in [6.07, 6.45) is 2.85. The topological polar surface area (TPSA) is 162 Å². The van der Waals surface area contributed by atoms with E-state index in [0.717, 1.165) is 17.7 Å². The van der Waals surface area contributed by atoms with Crippen LogP contribution in [-0.4, -0.2) is 38.3 Å². The van der Waals surface area contributed by atoms with Crippen LogP contribution in [0.3, 0.4) is 0 Å². The summed E-state index contributed by atoms with van der Waals surface area (Å²) in [4.78, 5) is 49.3. The molecule has 13 heteroatoms. The Labute approximate surface area is 234 Å². The molecule has 0 aliphatic carbocycles. The number of anilines is 1. The molecule has 1 aliphatic rings. The second kappa shape index (κ2) is 11.4. The highest BCUT2D eigenvalue weighted by atomic mass is 32.2. The summed E-state index contributed by atoms with van der Waals surface area (Å²) in [6, 6.07) is 12.6. The number of nitro benzene ring substituents is 1. The standard InChI is InChI=1S/C28H23N3O9S/c1-4-5-19-14-18(16-24(39-3)25(19)40-41(37,38)22-12-6-17(2)7-13-22)15-23-26(32)29-28(34)30(27(23)33)20-8-10-21(11-9-20)31(35)36/h4,6-16H,1,5H2,2-3H3,(H,29,32,34)/b23-15+. The Morgan fingerprint density at radius 3 is 2.29 bits per heavy atom. The molecule has 12 nitrogen and oxygen atoms in total. The normalized spacial score (nSPS) is 14.5. The second-order valence-electron chi connectivity index (χ2n) is 8.79.